The number of aliphatic hydroxyl groups is 1. The molecule has 0 saturated carbocycles. The largest absolute Gasteiger partial charge is 0.414 e. The molecule has 3 aliphatic rings. The van der Waals surface area contributed by atoms with Crippen LogP contribution in [0.2, 0.25) is 36.3 Å². The second-order valence-electron chi connectivity index (χ2n) is 22.5. The van der Waals surface area contributed by atoms with Gasteiger partial charge in [0.2, 0.25) is 0 Å². The molecule has 1 N–H and O–H groups in total. The highest BCUT2D eigenvalue weighted by Gasteiger charge is 2.50. The fourth-order valence-electron chi connectivity index (χ4n) is 8.82. The number of ether oxygens (including phenoxy) is 5. The fraction of sp³-hybridized carbons (Fsp3) is 0.800. The third-order valence-electron chi connectivity index (χ3n) is 15.1. The third-order valence-corrected chi connectivity index (χ3v) is 26.6. The van der Waals surface area contributed by atoms with Gasteiger partial charge in [-0.1, -0.05) is 80.7 Å². The molecular formula is C50H88O13S2Si2. The number of rotatable bonds is 26. The molecule has 1 aromatic rings. The number of aryl methyl sites for hydroxylation is 1. The first-order valence-corrected chi connectivity index (χ1v) is 33.8. The maximum Gasteiger partial charge on any atom is 0.264 e. The van der Waals surface area contributed by atoms with Gasteiger partial charge in [0.25, 0.3) is 10.1 Å². The number of aliphatic hydroxyl groups excluding tert-OH is 1. The van der Waals surface area contributed by atoms with Gasteiger partial charge < -0.3 is 37.6 Å². The standard InChI is InChI=1S/C50H88O13S2Si2/c1-17-37-18-22-41(23-19-37)65(54,55)33-42-45(61-46(48(42)56-11)30-40(63-67(15,16)50(8,9)10)32-59-66(13,14)49(5,6)7)31-43(51)36(4)34(2)28-39(62-64(12,52)53)20-24-44-35(3)29-38(60-44)21-25-47-57-26-27-58-47/h18-19,22-23,34,38-40,42-48,51H,3-4,17,20-21,24-33H2,1-2,5-16H3/t34-,38-,39+,40-,42-,43+,44-,45-,46+,48+/m0/s1. The minimum absolute atomic E-state index is 0.0184. The molecule has 386 valence electrons. The van der Waals surface area contributed by atoms with Crippen LogP contribution in [0.1, 0.15) is 112 Å². The summed E-state index contributed by atoms with van der Waals surface area (Å²) in [5.41, 5.74) is 2.47. The van der Waals surface area contributed by atoms with Crippen LogP contribution in [-0.2, 0) is 63.1 Å². The van der Waals surface area contributed by atoms with E-state index in [0.717, 1.165) is 36.7 Å². The first-order chi connectivity index (χ1) is 30.9. The van der Waals surface area contributed by atoms with Crippen LogP contribution in [0.25, 0.3) is 0 Å². The number of hydrogen-bond donors (Lipinski definition) is 1. The van der Waals surface area contributed by atoms with E-state index in [9.17, 15) is 21.9 Å². The summed E-state index contributed by atoms with van der Waals surface area (Å²) in [7, 11) is -10.6. The second kappa shape index (κ2) is 23.9. The molecule has 3 saturated heterocycles. The zero-order chi connectivity index (χ0) is 50.3. The predicted molar refractivity (Wildman–Crippen MR) is 270 cm³/mol. The average molecular weight is 1020 g/mol. The fourth-order valence-corrected chi connectivity index (χ4v) is 13.5. The first-order valence-electron chi connectivity index (χ1n) is 24.5. The Bertz CT molecular complexity index is 1970. The van der Waals surface area contributed by atoms with Crippen molar-refractivity contribution in [2.24, 2.45) is 11.8 Å². The highest BCUT2D eigenvalue weighted by atomic mass is 32.2. The Kier molecular flexibility index (Phi) is 20.8. The lowest BCUT2D eigenvalue weighted by Crippen LogP contribution is -2.49. The van der Waals surface area contributed by atoms with E-state index in [-0.39, 0.29) is 64.1 Å². The number of benzene rings is 1. The quantitative estimate of drug-likeness (QED) is 0.0531. The van der Waals surface area contributed by atoms with Crippen molar-refractivity contribution in [3.63, 3.8) is 0 Å². The minimum Gasteiger partial charge on any atom is -0.414 e. The summed E-state index contributed by atoms with van der Waals surface area (Å²) >= 11 is 0. The molecule has 13 nitrogen and oxygen atoms in total. The molecule has 1 aromatic carbocycles. The summed E-state index contributed by atoms with van der Waals surface area (Å²) in [5, 5.41) is 11.9. The molecule has 3 heterocycles. The predicted octanol–water partition coefficient (Wildman–Crippen LogP) is 9.55. The van der Waals surface area contributed by atoms with Crippen molar-refractivity contribution in [1.82, 2.24) is 0 Å². The van der Waals surface area contributed by atoms with Crippen LogP contribution >= 0.6 is 0 Å². The maximum absolute atomic E-state index is 14.3. The minimum atomic E-state index is -3.83. The topological polar surface area (TPSA) is 162 Å². The highest BCUT2D eigenvalue weighted by molar-refractivity contribution is 7.91. The van der Waals surface area contributed by atoms with Crippen molar-refractivity contribution in [2.45, 2.75) is 209 Å². The summed E-state index contributed by atoms with van der Waals surface area (Å²) in [6, 6.07) is 6.99. The Morgan fingerprint density at radius 1 is 0.881 bits per heavy atom. The van der Waals surface area contributed by atoms with E-state index >= 15 is 0 Å². The number of sulfone groups is 1. The van der Waals surface area contributed by atoms with Crippen LogP contribution in [0.15, 0.2) is 53.5 Å². The second-order valence-corrected chi connectivity index (χ2v) is 35.7. The summed E-state index contributed by atoms with van der Waals surface area (Å²) in [6.45, 7) is 36.1. The highest BCUT2D eigenvalue weighted by Crippen LogP contribution is 2.43. The Balaban J connectivity index is 1.55. The molecule has 0 bridgehead atoms. The van der Waals surface area contributed by atoms with E-state index in [1.54, 1.807) is 19.2 Å². The lowest BCUT2D eigenvalue weighted by atomic mass is 9.86. The summed E-state index contributed by atoms with van der Waals surface area (Å²) < 4.78 is 104. The zero-order valence-electron chi connectivity index (χ0n) is 43.4. The normalized spacial score (nSPS) is 25.7. The van der Waals surface area contributed by atoms with Gasteiger partial charge in [0.15, 0.2) is 32.8 Å². The molecule has 10 atom stereocenters. The Hall–Kier alpha value is -1.33. The van der Waals surface area contributed by atoms with Crippen LogP contribution < -0.4 is 0 Å². The SMILES string of the molecule is C=C1C[C@H](CCC2OCCO2)O[C@H]1CC[C@H](C[C@H](C)C(=C)[C@H](O)C[C@@H]1O[C@H](C[C@@H](CO[Si](C)(C)C(C)(C)C)O[Si](C)(C)C(C)(C)C)[C@H](OC)[C@H]1CS(=O)(=O)c1ccc(CC)cc1)OS(C)(=O)=O. The van der Waals surface area contributed by atoms with Gasteiger partial charge in [-0.05, 0) is 110 Å². The van der Waals surface area contributed by atoms with Gasteiger partial charge in [-0.2, -0.15) is 8.42 Å². The molecule has 0 aromatic heterocycles. The van der Waals surface area contributed by atoms with Crippen molar-refractivity contribution in [3.8, 4) is 0 Å². The molecule has 0 unspecified atom stereocenters. The lowest BCUT2D eigenvalue weighted by Gasteiger charge is -2.42. The van der Waals surface area contributed by atoms with E-state index in [2.05, 4.69) is 80.9 Å². The molecule has 0 radical (unpaired) electrons. The van der Waals surface area contributed by atoms with Crippen LogP contribution in [-0.4, -0.2) is 133 Å². The van der Waals surface area contributed by atoms with Crippen molar-refractivity contribution in [2.75, 3.05) is 38.9 Å². The molecule has 0 amide bonds. The van der Waals surface area contributed by atoms with Gasteiger partial charge in [0.1, 0.15) is 0 Å². The number of hydrogen-bond acceptors (Lipinski definition) is 13. The molecule has 0 aliphatic carbocycles. The Labute approximate surface area is 407 Å². The summed E-state index contributed by atoms with van der Waals surface area (Å²) in [4.78, 5) is 0.217. The molecular weight excluding hydrogens is 929 g/mol. The monoisotopic (exact) mass is 1020 g/mol. The zero-order valence-corrected chi connectivity index (χ0v) is 47.1. The first kappa shape index (κ1) is 58.2. The number of methoxy groups -OCH3 is 1. The maximum atomic E-state index is 14.3. The molecule has 3 aliphatic heterocycles. The Morgan fingerprint density at radius 2 is 1.49 bits per heavy atom. The third kappa shape index (κ3) is 16.9. The molecule has 3 fully saturated rings. The lowest BCUT2D eigenvalue weighted by molar-refractivity contribution is -0.0588. The summed E-state index contributed by atoms with van der Waals surface area (Å²) in [5.74, 6) is -1.29. The van der Waals surface area contributed by atoms with Gasteiger partial charge in [-0.3, -0.25) is 4.18 Å². The van der Waals surface area contributed by atoms with Crippen LogP contribution in [0, 0.1) is 11.8 Å². The molecule has 0 spiro atoms. The van der Waals surface area contributed by atoms with Crippen LogP contribution in [0.5, 0.6) is 0 Å². The van der Waals surface area contributed by atoms with Crippen molar-refractivity contribution >= 4 is 36.6 Å². The van der Waals surface area contributed by atoms with E-state index in [0.29, 0.717) is 51.1 Å². The van der Waals surface area contributed by atoms with E-state index in [4.69, 9.17) is 36.7 Å². The summed E-state index contributed by atoms with van der Waals surface area (Å²) in [6.07, 6.45) is 1.04. The van der Waals surface area contributed by atoms with E-state index < -0.39 is 73.0 Å². The average Bonchev–Trinajstić information content (AvgIpc) is 3.95. The van der Waals surface area contributed by atoms with E-state index in [1.807, 2.05) is 26.0 Å². The van der Waals surface area contributed by atoms with Gasteiger partial charge >= 0.3 is 0 Å². The van der Waals surface area contributed by atoms with Gasteiger partial charge in [-0.15, -0.1) is 0 Å². The van der Waals surface area contributed by atoms with Crippen LogP contribution in [0.4, 0.5) is 0 Å². The molecule has 67 heavy (non-hydrogen) atoms. The van der Waals surface area contributed by atoms with Gasteiger partial charge in [0.05, 0.1) is 85.6 Å². The smallest absolute Gasteiger partial charge is 0.264 e. The van der Waals surface area contributed by atoms with Crippen LogP contribution in [0.3, 0.4) is 0 Å². The molecule has 17 heteroatoms. The Morgan fingerprint density at radius 3 is 2.04 bits per heavy atom. The molecule has 4 rings (SSSR count). The van der Waals surface area contributed by atoms with E-state index in [1.165, 1.54) is 0 Å². The van der Waals surface area contributed by atoms with Crippen molar-refractivity contribution < 1.29 is 58.7 Å². The van der Waals surface area contributed by atoms with Gasteiger partial charge in [-0.25, -0.2) is 8.42 Å². The van der Waals surface area contributed by atoms with Gasteiger partial charge in [0, 0.05) is 32.3 Å². The van der Waals surface area contributed by atoms with Crippen molar-refractivity contribution in [3.05, 3.63) is 54.1 Å². The van der Waals surface area contributed by atoms with Crippen molar-refractivity contribution in [1.29, 1.82) is 0 Å².